The Hall–Kier alpha value is -3.16. The van der Waals surface area contributed by atoms with Gasteiger partial charge in [0, 0.05) is 23.2 Å². The minimum Gasteiger partial charge on any atom is -0.497 e. The van der Waals surface area contributed by atoms with Gasteiger partial charge in [-0.25, -0.2) is 0 Å². The van der Waals surface area contributed by atoms with E-state index in [1.54, 1.807) is 25.4 Å². The first kappa shape index (κ1) is 19.2. The lowest BCUT2D eigenvalue weighted by Gasteiger charge is -2.21. The molecule has 1 aliphatic carbocycles. The van der Waals surface area contributed by atoms with Gasteiger partial charge in [0.15, 0.2) is 0 Å². The molecule has 0 radical (unpaired) electrons. The smallest absolute Gasteiger partial charge is 0.310 e. The first-order chi connectivity index (χ1) is 13.9. The molecule has 0 unspecified atom stereocenters. The number of benzene rings is 2. The van der Waals surface area contributed by atoms with Crippen LogP contribution in [0.1, 0.15) is 34.3 Å². The lowest BCUT2D eigenvalue weighted by molar-refractivity contribution is -0.179. The van der Waals surface area contributed by atoms with E-state index < -0.39 is 12.0 Å². The molecule has 0 bridgehead atoms. The Morgan fingerprint density at radius 3 is 2.66 bits per heavy atom. The second-order valence-electron chi connectivity index (χ2n) is 7.20. The van der Waals surface area contributed by atoms with Crippen LogP contribution >= 0.6 is 0 Å². The first-order valence-electron chi connectivity index (χ1n) is 9.31. The molecule has 0 atom stereocenters. The van der Waals surface area contributed by atoms with E-state index in [1.807, 2.05) is 31.2 Å². The predicted octanol–water partition coefficient (Wildman–Crippen LogP) is 2.62. The van der Waals surface area contributed by atoms with Crippen molar-refractivity contribution >= 4 is 16.8 Å². The van der Waals surface area contributed by atoms with Crippen molar-refractivity contribution in [1.29, 1.82) is 0 Å². The molecule has 2 aromatic carbocycles. The number of carbonyl (C=O) groups is 1. The maximum absolute atomic E-state index is 13.1. The number of carbonyl (C=O) groups excluding carboxylic acids is 1. The van der Waals surface area contributed by atoms with Crippen molar-refractivity contribution in [3.63, 3.8) is 0 Å². The normalized spacial score (nSPS) is 14.7. The number of fused-ring (bicyclic) bond motifs is 1. The summed E-state index contributed by atoms with van der Waals surface area (Å²) in [7, 11) is 1.61. The number of nitrogens with zero attached hydrogens (tertiary/aromatic N) is 1. The Labute approximate surface area is 167 Å². The number of pyridine rings is 1. The van der Waals surface area contributed by atoms with Crippen molar-refractivity contribution in [2.75, 3.05) is 7.11 Å². The molecule has 3 N–H and O–H groups in total. The number of aryl methyl sites for hydroxylation is 1. The third-order valence-corrected chi connectivity index (χ3v) is 5.24. The number of aliphatic hydroxyl groups is 2. The van der Waals surface area contributed by atoms with Gasteiger partial charge in [0.2, 0.25) is 0 Å². The minimum atomic E-state index is -1.95. The number of amides is 1. The van der Waals surface area contributed by atoms with E-state index >= 15 is 0 Å². The van der Waals surface area contributed by atoms with E-state index in [2.05, 4.69) is 10.3 Å². The van der Waals surface area contributed by atoms with Crippen molar-refractivity contribution in [2.24, 2.45) is 0 Å². The number of methoxy groups -OCH3 is 1. The third kappa shape index (κ3) is 3.74. The van der Waals surface area contributed by atoms with Gasteiger partial charge in [0.1, 0.15) is 11.5 Å². The highest BCUT2D eigenvalue weighted by molar-refractivity contribution is 5.97. The summed E-state index contributed by atoms with van der Waals surface area (Å²) in [5.41, 5.74) is 2.47. The molecule has 1 aliphatic rings. The average Bonchev–Trinajstić information content (AvgIpc) is 3.48. The molecule has 0 spiro atoms. The van der Waals surface area contributed by atoms with Crippen LogP contribution in [-0.4, -0.2) is 34.7 Å². The highest BCUT2D eigenvalue weighted by atomic mass is 16.7. The fourth-order valence-corrected chi connectivity index (χ4v) is 3.58. The molecule has 4 rings (SSSR count). The standard InChI is InChI=1S/C22H22N2O5/c1-13-5-6-14(29-21(26)27)10-17(13)20(25)24-22(7-8-22)18-11-15(28-2)12-19-16(18)4-3-9-23-19/h3-6,9-12,21,26-27H,7-8H2,1-2H3,(H,24,25). The van der Waals surface area contributed by atoms with Gasteiger partial charge in [-0.3, -0.25) is 9.78 Å². The summed E-state index contributed by atoms with van der Waals surface area (Å²) in [6.07, 6.45) is 3.34. The van der Waals surface area contributed by atoms with E-state index in [9.17, 15) is 4.79 Å². The quantitative estimate of drug-likeness (QED) is 0.556. The molecule has 3 aromatic rings. The Balaban J connectivity index is 1.69. The average molecular weight is 394 g/mol. The summed E-state index contributed by atoms with van der Waals surface area (Å²) in [6, 6.07) is 12.5. The van der Waals surface area contributed by atoms with Crippen LogP contribution in [0.25, 0.3) is 10.9 Å². The topological polar surface area (TPSA) is 101 Å². The zero-order valence-corrected chi connectivity index (χ0v) is 16.2. The Morgan fingerprint density at radius 2 is 1.97 bits per heavy atom. The van der Waals surface area contributed by atoms with E-state index in [1.165, 1.54) is 6.07 Å². The van der Waals surface area contributed by atoms with Gasteiger partial charge in [-0.05, 0) is 55.2 Å². The molecular weight excluding hydrogens is 372 g/mol. The van der Waals surface area contributed by atoms with Crippen molar-refractivity contribution < 1.29 is 24.5 Å². The lowest BCUT2D eigenvalue weighted by atomic mass is 9.97. The van der Waals surface area contributed by atoms with Gasteiger partial charge in [-0.15, -0.1) is 0 Å². The SMILES string of the molecule is COc1cc(C2(NC(=O)c3cc(OC(O)O)ccc3C)CC2)c2cccnc2c1. The maximum Gasteiger partial charge on any atom is 0.310 e. The summed E-state index contributed by atoms with van der Waals surface area (Å²) in [5.74, 6) is 0.643. The number of aliphatic hydroxyl groups excluding tert-OH is 1. The van der Waals surface area contributed by atoms with Crippen molar-refractivity contribution in [2.45, 2.75) is 31.8 Å². The number of nitrogens with one attached hydrogen (secondary N) is 1. The Kier molecular flexibility index (Phi) is 4.86. The summed E-state index contributed by atoms with van der Waals surface area (Å²) in [4.78, 5) is 17.5. The first-order valence-corrected chi connectivity index (χ1v) is 9.31. The van der Waals surface area contributed by atoms with Gasteiger partial charge in [-0.1, -0.05) is 12.1 Å². The van der Waals surface area contributed by atoms with Crippen LogP contribution in [0.5, 0.6) is 11.5 Å². The van der Waals surface area contributed by atoms with Gasteiger partial charge in [0.25, 0.3) is 5.91 Å². The summed E-state index contributed by atoms with van der Waals surface area (Å²) in [5, 5.41) is 22.2. The van der Waals surface area contributed by atoms with Crippen LogP contribution in [0, 0.1) is 6.92 Å². The van der Waals surface area contributed by atoms with E-state index in [4.69, 9.17) is 19.7 Å². The molecule has 150 valence electrons. The van der Waals surface area contributed by atoms with Crippen LogP contribution in [-0.2, 0) is 5.54 Å². The number of ether oxygens (including phenoxy) is 2. The Morgan fingerprint density at radius 1 is 1.17 bits per heavy atom. The zero-order valence-electron chi connectivity index (χ0n) is 16.2. The fourth-order valence-electron chi connectivity index (χ4n) is 3.58. The maximum atomic E-state index is 13.1. The van der Waals surface area contributed by atoms with Crippen molar-refractivity contribution in [3.8, 4) is 11.5 Å². The van der Waals surface area contributed by atoms with Crippen LogP contribution in [0.2, 0.25) is 0 Å². The molecule has 1 aromatic heterocycles. The van der Waals surface area contributed by atoms with Gasteiger partial charge >= 0.3 is 6.48 Å². The molecule has 1 saturated carbocycles. The highest BCUT2D eigenvalue weighted by Crippen LogP contribution is 2.49. The molecule has 0 saturated heterocycles. The minimum absolute atomic E-state index is 0.205. The second-order valence-corrected chi connectivity index (χ2v) is 7.20. The van der Waals surface area contributed by atoms with E-state index in [-0.39, 0.29) is 11.7 Å². The van der Waals surface area contributed by atoms with E-state index in [0.29, 0.717) is 11.3 Å². The second kappa shape index (κ2) is 7.35. The van der Waals surface area contributed by atoms with Crippen LogP contribution in [0.15, 0.2) is 48.7 Å². The molecule has 0 aliphatic heterocycles. The monoisotopic (exact) mass is 394 g/mol. The van der Waals surface area contributed by atoms with E-state index in [0.717, 1.165) is 34.9 Å². The van der Waals surface area contributed by atoms with Crippen molar-refractivity contribution in [1.82, 2.24) is 10.3 Å². The molecule has 7 nitrogen and oxygen atoms in total. The largest absolute Gasteiger partial charge is 0.497 e. The van der Waals surface area contributed by atoms with Crippen LogP contribution in [0.4, 0.5) is 0 Å². The molecule has 29 heavy (non-hydrogen) atoms. The predicted molar refractivity (Wildman–Crippen MR) is 107 cm³/mol. The van der Waals surface area contributed by atoms with Crippen LogP contribution in [0.3, 0.4) is 0 Å². The zero-order chi connectivity index (χ0) is 20.6. The highest BCUT2D eigenvalue weighted by Gasteiger charge is 2.47. The number of rotatable bonds is 6. The number of aromatic nitrogens is 1. The molecular formula is C22H22N2O5. The molecule has 7 heteroatoms. The lowest BCUT2D eigenvalue weighted by Crippen LogP contribution is -2.35. The summed E-state index contributed by atoms with van der Waals surface area (Å²) in [6.45, 7) is -0.127. The third-order valence-electron chi connectivity index (χ3n) is 5.24. The van der Waals surface area contributed by atoms with Crippen LogP contribution < -0.4 is 14.8 Å². The van der Waals surface area contributed by atoms with Crippen molar-refractivity contribution in [3.05, 3.63) is 65.4 Å². The molecule has 1 heterocycles. The number of hydrogen-bond acceptors (Lipinski definition) is 6. The Bertz CT molecular complexity index is 1080. The molecule has 1 fully saturated rings. The molecule has 1 amide bonds. The summed E-state index contributed by atoms with van der Waals surface area (Å²) < 4.78 is 10.3. The van der Waals surface area contributed by atoms with Gasteiger partial charge in [-0.2, -0.15) is 0 Å². The summed E-state index contributed by atoms with van der Waals surface area (Å²) >= 11 is 0. The number of hydrogen-bond donors (Lipinski definition) is 3. The fraction of sp³-hybridized carbons (Fsp3) is 0.273. The van der Waals surface area contributed by atoms with Gasteiger partial charge < -0.3 is 25.0 Å². The van der Waals surface area contributed by atoms with Gasteiger partial charge in [0.05, 0.1) is 18.2 Å².